The predicted molar refractivity (Wildman–Crippen MR) is 186 cm³/mol. The lowest BCUT2D eigenvalue weighted by molar-refractivity contribution is -0.148. The molecule has 13 heteroatoms. The highest BCUT2D eigenvalue weighted by molar-refractivity contribution is 8.00. The first-order valence-corrected chi connectivity index (χ1v) is 18.5. The van der Waals surface area contributed by atoms with E-state index in [0.717, 1.165) is 28.5 Å². The Morgan fingerprint density at radius 3 is 2.21 bits per heavy atom. The molecule has 258 valence electrons. The summed E-state index contributed by atoms with van der Waals surface area (Å²) in [6.07, 6.45) is -0.759. The SMILES string of the molecule is Cc1ccccc1CNC(=O)[C@H]1N(C(=O)[C@@H](O)[C@H](Cc2ccccc2)NC(=O)[C@@H](COCc2ccccc2)NS(C)(=O)=O)CSC1(C)C. The van der Waals surface area contributed by atoms with Gasteiger partial charge in [0.2, 0.25) is 21.8 Å². The van der Waals surface area contributed by atoms with Crippen LogP contribution in [0.4, 0.5) is 0 Å². The lowest BCUT2D eigenvalue weighted by Crippen LogP contribution is -2.60. The molecule has 0 bridgehead atoms. The molecule has 0 radical (unpaired) electrons. The highest BCUT2D eigenvalue weighted by atomic mass is 32.2. The molecule has 0 unspecified atom stereocenters. The van der Waals surface area contributed by atoms with Gasteiger partial charge in [0.1, 0.15) is 12.1 Å². The molecule has 1 aliphatic rings. The molecule has 3 amide bonds. The van der Waals surface area contributed by atoms with Crippen LogP contribution in [-0.4, -0.2) is 83.9 Å². The first-order chi connectivity index (χ1) is 22.7. The summed E-state index contributed by atoms with van der Waals surface area (Å²) in [5.41, 5.74) is 3.53. The summed E-state index contributed by atoms with van der Waals surface area (Å²) >= 11 is 1.42. The van der Waals surface area contributed by atoms with Crippen molar-refractivity contribution in [1.82, 2.24) is 20.3 Å². The van der Waals surface area contributed by atoms with E-state index in [9.17, 15) is 27.9 Å². The molecule has 1 fully saturated rings. The van der Waals surface area contributed by atoms with Crippen molar-refractivity contribution in [3.63, 3.8) is 0 Å². The number of hydrogen-bond acceptors (Lipinski definition) is 8. The number of nitrogens with zero attached hydrogens (tertiary/aromatic N) is 1. The Morgan fingerprint density at radius 2 is 1.58 bits per heavy atom. The molecule has 3 aromatic carbocycles. The zero-order valence-corrected chi connectivity index (χ0v) is 29.2. The molecule has 11 nitrogen and oxygen atoms in total. The number of aliphatic hydroxyl groups excluding tert-OH is 1. The van der Waals surface area contributed by atoms with E-state index < -0.39 is 50.8 Å². The van der Waals surface area contributed by atoms with Crippen molar-refractivity contribution in [3.8, 4) is 0 Å². The number of aryl methyl sites for hydroxylation is 1. The van der Waals surface area contributed by atoms with Gasteiger partial charge in [-0.1, -0.05) is 84.9 Å². The standard InChI is InChI=1S/C35H44N4O7S2/c1-24-13-11-12-18-27(24)20-36-33(42)31-35(2,3)47-23-39(31)34(43)30(40)28(19-25-14-7-5-8-15-25)37-32(41)29(38-48(4,44)45)22-46-21-26-16-9-6-10-17-26/h5-18,28-31,38,40H,19-23H2,1-4H3,(H,36,42)(H,37,41)/t28-,29+,30-,31+/m0/s1. The maximum absolute atomic E-state index is 14.0. The topological polar surface area (TPSA) is 154 Å². The molecular formula is C35H44N4O7S2. The van der Waals surface area contributed by atoms with Crippen LogP contribution < -0.4 is 15.4 Å². The number of benzene rings is 3. The second-order valence-electron chi connectivity index (χ2n) is 12.4. The fourth-order valence-corrected chi connectivity index (χ4v) is 7.36. The summed E-state index contributed by atoms with van der Waals surface area (Å²) in [6.45, 7) is 5.82. The number of sulfonamides is 1. The van der Waals surface area contributed by atoms with E-state index in [0.29, 0.717) is 0 Å². The quantitative estimate of drug-likeness (QED) is 0.189. The average Bonchev–Trinajstić information content (AvgIpc) is 3.37. The summed E-state index contributed by atoms with van der Waals surface area (Å²) in [4.78, 5) is 42.6. The van der Waals surface area contributed by atoms with Crippen molar-refractivity contribution in [2.75, 3.05) is 18.7 Å². The summed E-state index contributed by atoms with van der Waals surface area (Å²) < 4.78 is 31.7. The molecule has 4 rings (SSSR count). The zero-order chi connectivity index (χ0) is 34.9. The van der Waals surface area contributed by atoms with Crippen molar-refractivity contribution >= 4 is 39.5 Å². The number of carbonyl (C=O) groups excluding carboxylic acids is 3. The fraction of sp³-hybridized carbons (Fsp3) is 0.400. The lowest BCUT2D eigenvalue weighted by Gasteiger charge is -2.33. The molecule has 3 aromatic rings. The number of thioether (sulfide) groups is 1. The van der Waals surface area contributed by atoms with Gasteiger partial charge in [0, 0.05) is 11.3 Å². The van der Waals surface area contributed by atoms with Crippen LogP contribution in [0.3, 0.4) is 0 Å². The second-order valence-corrected chi connectivity index (χ2v) is 15.8. The second kappa shape index (κ2) is 16.6. The van der Waals surface area contributed by atoms with Gasteiger partial charge in [-0.3, -0.25) is 14.4 Å². The van der Waals surface area contributed by atoms with E-state index >= 15 is 0 Å². The Kier molecular flexibility index (Phi) is 12.8. The van der Waals surface area contributed by atoms with Crippen LogP contribution in [0.25, 0.3) is 0 Å². The minimum atomic E-state index is -3.84. The van der Waals surface area contributed by atoms with Crippen LogP contribution in [-0.2, 0) is 48.7 Å². The normalized spacial score (nSPS) is 17.7. The van der Waals surface area contributed by atoms with Crippen molar-refractivity contribution in [2.45, 2.75) is 69.3 Å². The van der Waals surface area contributed by atoms with E-state index in [1.54, 1.807) is 24.3 Å². The first-order valence-electron chi connectivity index (χ1n) is 15.6. The molecular weight excluding hydrogens is 653 g/mol. The molecule has 0 spiro atoms. The van der Waals surface area contributed by atoms with Gasteiger partial charge in [-0.2, -0.15) is 0 Å². The fourth-order valence-electron chi connectivity index (χ4n) is 5.53. The summed E-state index contributed by atoms with van der Waals surface area (Å²) in [5.74, 6) is -1.70. The van der Waals surface area contributed by atoms with E-state index in [1.165, 1.54) is 16.7 Å². The van der Waals surface area contributed by atoms with Crippen LogP contribution in [0.5, 0.6) is 0 Å². The summed E-state index contributed by atoms with van der Waals surface area (Å²) in [6, 6.07) is 22.5. The summed E-state index contributed by atoms with van der Waals surface area (Å²) in [5, 5.41) is 17.2. The lowest BCUT2D eigenvalue weighted by atomic mass is 9.97. The van der Waals surface area contributed by atoms with Crippen LogP contribution >= 0.6 is 11.8 Å². The Bertz CT molecular complexity index is 1660. The Balaban J connectivity index is 1.53. The molecule has 4 atom stereocenters. The van der Waals surface area contributed by atoms with E-state index in [1.807, 2.05) is 81.4 Å². The van der Waals surface area contributed by atoms with E-state index in [-0.39, 0.29) is 38.0 Å². The molecule has 0 aliphatic carbocycles. The Labute approximate surface area is 286 Å². The van der Waals surface area contributed by atoms with Gasteiger partial charge in [0.15, 0.2) is 6.10 Å². The van der Waals surface area contributed by atoms with Gasteiger partial charge in [-0.25, -0.2) is 13.1 Å². The smallest absolute Gasteiger partial charge is 0.254 e. The van der Waals surface area contributed by atoms with Crippen molar-refractivity contribution < 1.29 is 32.6 Å². The van der Waals surface area contributed by atoms with Gasteiger partial charge >= 0.3 is 0 Å². The number of rotatable bonds is 15. The number of hydrogen-bond donors (Lipinski definition) is 4. The van der Waals surface area contributed by atoms with Gasteiger partial charge in [0.25, 0.3) is 5.91 Å². The number of carbonyl (C=O) groups is 3. The van der Waals surface area contributed by atoms with Crippen LogP contribution in [0, 0.1) is 6.92 Å². The number of amides is 3. The number of nitrogens with one attached hydrogen (secondary N) is 3. The molecule has 0 aromatic heterocycles. The van der Waals surface area contributed by atoms with E-state index in [4.69, 9.17) is 4.74 Å². The first kappa shape index (κ1) is 37.1. The van der Waals surface area contributed by atoms with Gasteiger partial charge < -0.3 is 25.4 Å². The highest BCUT2D eigenvalue weighted by Crippen LogP contribution is 2.40. The molecule has 1 saturated heterocycles. The molecule has 1 heterocycles. The number of ether oxygens (including phenoxy) is 1. The third kappa shape index (κ3) is 10.4. The maximum Gasteiger partial charge on any atom is 0.254 e. The van der Waals surface area contributed by atoms with Gasteiger partial charge in [-0.15, -0.1) is 11.8 Å². The van der Waals surface area contributed by atoms with Crippen molar-refractivity contribution in [3.05, 3.63) is 107 Å². The monoisotopic (exact) mass is 696 g/mol. The molecule has 48 heavy (non-hydrogen) atoms. The minimum Gasteiger partial charge on any atom is -0.381 e. The Hall–Kier alpha value is -3.75. The van der Waals surface area contributed by atoms with Crippen LogP contribution in [0.2, 0.25) is 0 Å². The summed E-state index contributed by atoms with van der Waals surface area (Å²) in [7, 11) is -3.84. The van der Waals surface area contributed by atoms with Gasteiger partial charge in [-0.05, 0) is 49.4 Å². The third-order valence-corrected chi connectivity index (χ3v) is 10.2. The largest absolute Gasteiger partial charge is 0.381 e. The minimum absolute atomic E-state index is 0.0600. The van der Waals surface area contributed by atoms with Crippen molar-refractivity contribution in [2.24, 2.45) is 0 Å². The van der Waals surface area contributed by atoms with Crippen molar-refractivity contribution in [1.29, 1.82) is 0 Å². The maximum atomic E-state index is 14.0. The highest BCUT2D eigenvalue weighted by Gasteiger charge is 2.50. The molecule has 4 N–H and O–H groups in total. The predicted octanol–water partition coefficient (Wildman–Crippen LogP) is 2.51. The van der Waals surface area contributed by atoms with E-state index in [2.05, 4.69) is 15.4 Å². The Morgan fingerprint density at radius 1 is 0.979 bits per heavy atom. The third-order valence-electron chi connectivity index (χ3n) is 8.12. The molecule has 1 aliphatic heterocycles. The van der Waals surface area contributed by atoms with Crippen LogP contribution in [0.15, 0.2) is 84.9 Å². The zero-order valence-electron chi connectivity index (χ0n) is 27.6. The van der Waals surface area contributed by atoms with Crippen LogP contribution in [0.1, 0.15) is 36.1 Å². The number of aliphatic hydroxyl groups is 1. The average molecular weight is 697 g/mol. The van der Waals surface area contributed by atoms with Gasteiger partial charge in [0.05, 0.1) is 31.4 Å². The molecule has 0 saturated carbocycles.